The fraction of sp³-hybridized carbons (Fsp3) is 0.412. The van der Waals surface area contributed by atoms with Gasteiger partial charge in [-0.05, 0) is 30.4 Å². The maximum absolute atomic E-state index is 12.7. The molecule has 2 aromatic heterocycles. The number of hydrogen-bond donors (Lipinski definition) is 0. The van der Waals surface area contributed by atoms with Crippen molar-refractivity contribution in [1.82, 2.24) is 4.90 Å². The normalized spacial score (nSPS) is 17.9. The van der Waals surface area contributed by atoms with Gasteiger partial charge in [0.2, 0.25) is 0 Å². The highest BCUT2D eigenvalue weighted by Gasteiger charge is 2.32. The summed E-state index contributed by atoms with van der Waals surface area (Å²) < 4.78 is 5.36. The number of Topliss-reactive ketones (excluding diaryl/α,β-unsaturated/α-hetero) is 1. The maximum Gasteiger partial charge on any atom is 0.257 e. The second-order valence-electron chi connectivity index (χ2n) is 5.51. The van der Waals surface area contributed by atoms with Crippen molar-refractivity contribution in [1.29, 1.82) is 0 Å². The van der Waals surface area contributed by atoms with Gasteiger partial charge in [-0.2, -0.15) is 0 Å². The number of furan rings is 1. The smallest absolute Gasteiger partial charge is 0.257 e. The molecule has 1 aliphatic rings. The number of amides is 1. The molecule has 2 aromatic rings. The molecule has 1 atom stereocenters. The fourth-order valence-electron chi connectivity index (χ4n) is 3.03. The molecule has 0 spiro atoms. The van der Waals surface area contributed by atoms with Crippen LogP contribution in [0, 0.1) is 0 Å². The highest BCUT2D eigenvalue weighted by atomic mass is 32.1. The number of rotatable bonds is 5. The molecule has 22 heavy (non-hydrogen) atoms. The monoisotopic (exact) mass is 317 g/mol. The van der Waals surface area contributed by atoms with Crippen LogP contribution < -0.4 is 0 Å². The van der Waals surface area contributed by atoms with E-state index in [0.29, 0.717) is 18.4 Å². The van der Waals surface area contributed by atoms with Crippen LogP contribution in [0.25, 0.3) is 0 Å². The van der Waals surface area contributed by atoms with E-state index in [4.69, 9.17) is 4.42 Å². The van der Waals surface area contributed by atoms with Crippen LogP contribution in [0.1, 0.15) is 52.0 Å². The maximum atomic E-state index is 12.7. The number of nitrogens with zero attached hydrogens (tertiary/aromatic N) is 1. The molecule has 0 bridgehead atoms. The van der Waals surface area contributed by atoms with Crippen LogP contribution in [0.5, 0.6) is 0 Å². The van der Waals surface area contributed by atoms with Crippen molar-refractivity contribution in [2.24, 2.45) is 0 Å². The van der Waals surface area contributed by atoms with Crippen LogP contribution in [0.3, 0.4) is 0 Å². The Balaban J connectivity index is 1.73. The van der Waals surface area contributed by atoms with Gasteiger partial charge < -0.3 is 9.32 Å². The molecule has 3 rings (SSSR count). The Morgan fingerprint density at radius 3 is 3.00 bits per heavy atom. The van der Waals surface area contributed by atoms with E-state index in [0.717, 1.165) is 30.0 Å². The third kappa shape index (κ3) is 2.86. The van der Waals surface area contributed by atoms with Gasteiger partial charge in [-0.1, -0.05) is 13.0 Å². The van der Waals surface area contributed by atoms with Crippen molar-refractivity contribution in [3.8, 4) is 0 Å². The first-order chi connectivity index (χ1) is 10.7. The fourth-order valence-corrected chi connectivity index (χ4v) is 3.70. The van der Waals surface area contributed by atoms with E-state index in [2.05, 4.69) is 0 Å². The summed E-state index contributed by atoms with van der Waals surface area (Å²) in [7, 11) is 0. The number of aryl methyl sites for hydroxylation is 1. The average Bonchev–Trinajstić information content (AvgIpc) is 3.26. The van der Waals surface area contributed by atoms with Crippen molar-refractivity contribution in [3.05, 3.63) is 46.0 Å². The molecular weight excluding hydrogens is 298 g/mol. The van der Waals surface area contributed by atoms with E-state index in [1.54, 1.807) is 12.3 Å². The van der Waals surface area contributed by atoms with Gasteiger partial charge in [-0.3, -0.25) is 9.59 Å². The minimum Gasteiger partial charge on any atom is -0.469 e. The molecule has 3 heterocycles. The van der Waals surface area contributed by atoms with Gasteiger partial charge in [0.15, 0.2) is 5.78 Å². The summed E-state index contributed by atoms with van der Waals surface area (Å²) in [4.78, 5) is 27.6. The molecule has 5 heteroatoms. The average molecular weight is 317 g/mol. The molecule has 0 aliphatic carbocycles. The van der Waals surface area contributed by atoms with Gasteiger partial charge in [0, 0.05) is 25.4 Å². The molecule has 4 nitrogen and oxygen atoms in total. The first-order valence-electron chi connectivity index (χ1n) is 7.64. The zero-order valence-corrected chi connectivity index (χ0v) is 13.4. The van der Waals surface area contributed by atoms with E-state index in [1.807, 2.05) is 29.3 Å². The Labute approximate surface area is 133 Å². The Morgan fingerprint density at radius 1 is 1.41 bits per heavy atom. The van der Waals surface area contributed by atoms with E-state index in [-0.39, 0.29) is 17.7 Å². The summed E-state index contributed by atoms with van der Waals surface area (Å²) >= 11 is 1.46. The van der Waals surface area contributed by atoms with Crippen molar-refractivity contribution in [2.75, 3.05) is 6.54 Å². The second-order valence-corrected chi connectivity index (χ2v) is 6.46. The van der Waals surface area contributed by atoms with Crippen LogP contribution >= 0.6 is 11.3 Å². The lowest BCUT2D eigenvalue weighted by Gasteiger charge is -2.24. The molecule has 0 unspecified atom stereocenters. The third-order valence-corrected chi connectivity index (χ3v) is 5.06. The molecule has 0 saturated carbocycles. The van der Waals surface area contributed by atoms with Crippen molar-refractivity contribution < 1.29 is 14.0 Å². The molecule has 1 saturated heterocycles. The lowest BCUT2D eigenvalue weighted by molar-refractivity contribution is 0.0715. The number of carbonyl (C=O) groups excluding carboxylic acids is 2. The van der Waals surface area contributed by atoms with Crippen LogP contribution in [0.2, 0.25) is 0 Å². The van der Waals surface area contributed by atoms with Gasteiger partial charge in [0.1, 0.15) is 5.76 Å². The van der Waals surface area contributed by atoms with Gasteiger partial charge in [-0.15, -0.1) is 11.3 Å². The van der Waals surface area contributed by atoms with Crippen LogP contribution in [-0.2, 0) is 6.42 Å². The van der Waals surface area contributed by atoms with E-state index >= 15 is 0 Å². The first kappa shape index (κ1) is 15.0. The van der Waals surface area contributed by atoms with Crippen molar-refractivity contribution in [3.63, 3.8) is 0 Å². The van der Waals surface area contributed by atoms with Gasteiger partial charge in [-0.25, -0.2) is 0 Å². The predicted octanol–water partition coefficient (Wildman–Crippen LogP) is 3.78. The number of carbonyl (C=O) groups is 2. The summed E-state index contributed by atoms with van der Waals surface area (Å²) in [6.45, 7) is 2.69. The summed E-state index contributed by atoms with van der Waals surface area (Å²) in [5.74, 6) is 0.843. The van der Waals surface area contributed by atoms with Crippen LogP contribution in [-0.4, -0.2) is 29.2 Å². The Bertz CT molecular complexity index is 659. The quantitative estimate of drug-likeness (QED) is 0.789. The number of ketones is 1. The van der Waals surface area contributed by atoms with Crippen molar-refractivity contribution >= 4 is 23.0 Å². The van der Waals surface area contributed by atoms with Crippen LogP contribution in [0.15, 0.2) is 34.3 Å². The summed E-state index contributed by atoms with van der Waals surface area (Å²) in [5, 5.41) is 1.91. The number of hydrogen-bond acceptors (Lipinski definition) is 4. The number of thiophene rings is 1. The molecular formula is C17H19NO3S. The largest absolute Gasteiger partial charge is 0.469 e. The SMILES string of the molecule is CCc1occc1C(=O)N1CCC[C@@H]1CC(=O)c1cccs1. The Hall–Kier alpha value is -1.88. The third-order valence-electron chi connectivity index (χ3n) is 4.15. The molecule has 0 N–H and O–H groups in total. The topological polar surface area (TPSA) is 50.5 Å². The molecule has 116 valence electrons. The van der Waals surface area contributed by atoms with Crippen LogP contribution in [0.4, 0.5) is 0 Å². The van der Waals surface area contributed by atoms with Gasteiger partial charge in [0.25, 0.3) is 5.91 Å². The van der Waals surface area contributed by atoms with Gasteiger partial charge in [0.05, 0.1) is 16.7 Å². The Morgan fingerprint density at radius 2 is 2.27 bits per heavy atom. The van der Waals surface area contributed by atoms with Gasteiger partial charge >= 0.3 is 0 Å². The standard InChI is InChI=1S/C17H19NO3S/c1-2-15-13(7-9-21-15)17(20)18-8-3-5-12(18)11-14(19)16-6-4-10-22-16/h4,6-7,9-10,12H,2-3,5,8,11H2,1H3/t12-/m1/s1. The van der Waals surface area contributed by atoms with E-state index in [9.17, 15) is 9.59 Å². The van der Waals surface area contributed by atoms with Crippen molar-refractivity contribution in [2.45, 2.75) is 38.6 Å². The first-order valence-corrected chi connectivity index (χ1v) is 8.52. The molecule has 1 aliphatic heterocycles. The lowest BCUT2D eigenvalue weighted by Crippen LogP contribution is -2.37. The minimum atomic E-state index is -0.00733. The molecule has 0 radical (unpaired) electrons. The minimum absolute atomic E-state index is 0.00158. The lowest BCUT2D eigenvalue weighted by atomic mass is 10.1. The summed E-state index contributed by atoms with van der Waals surface area (Å²) in [5.41, 5.74) is 0.637. The Kier molecular flexibility index (Phi) is 4.43. The highest BCUT2D eigenvalue weighted by molar-refractivity contribution is 7.12. The van der Waals surface area contributed by atoms with E-state index < -0.39 is 0 Å². The molecule has 0 aromatic carbocycles. The second kappa shape index (κ2) is 6.48. The highest BCUT2D eigenvalue weighted by Crippen LogP contribution is 2.26. The van der Waals surface area contributed by atoms with E-state index in [1.165, 1.54) is 11.3 Å². The molecule has 1 fully saturated rings. The molecule has 1 amide bonds. The summed E-state index contributed by atoms with van der Waals surface area (Å²) in [6.07, 6.45) is 4.51. The number of likely N-dealkylation sites (tertiary alicyclic amines) is 1. The predicted molar refractivity (Wildman–Crippen MR) is 85.4 cm³/mol. The zero-order chi connectivity index (χ0) is 15.5. The summed E-state index contributed by atoms with van der Waals surface area (Å²) in [6, 6.07) is 5.47. The zero-order valence-electron chi connectivity index (χ0n) is 12.6.